The smallest absolute Gasteiger partial charge is 0.222 e. The van der Waals surface area contributed by atoms with Gasteiger partial charge in [-0.25, -0.2) is 0 Å². The summed E-state index contributed by atoms with van der Waals surface area (Å²) in [6, 6.07) is -2.14. The summed E-state index contributed by atoms with van der Waals surface area (Å²) in [5.74, 6) is -2.33. The molecule has 2 aliphatic rings. The summed E-state index contributed by atoms with van der Waals surface area (Å²) in [7, 11) is 0. The lowest BCUT2D eigenvalue weighted by Crippen LogP contribution is -2.64. The molecule has 2 heterocycles. The van der Waals surface area contributed by atoms with E-state index in [0.29, 0.717) is 70.9 Å². The molecule has 31 nitrogen and oxygen atoms in total. The Morgan fingerprint density at radius 3 is 1.08 bits per heavy atom. The Balaban J connectivity index is 1.93. The van der Waals surface area contributed by atoms with Crippen LogP contribution in [0.15, 0.2) is 0 Å². The summed E-state index contributed by atoms with van der Waals surface area (Å²) in [6.07, 6.45) is 1.21. The summed E-state index contributed by atoms with van der Waals surface area (Å²) in [4.78, 5) is 113. The Kier molecular flexibility index (Phi) is 45.5. The minimum atomic E-state index is -1.44. The van der Waals surface area contributed by atoms with Gasteiger partial charge in [-0.3, -0.25) is 43.2 Å². The molecule has 0 saturated carbocycles. The second-order valence-electron chi connectivity index (χ2n) is 25.4. The second kappa shape index (κ2) is 50.2. The molecule has 0 aromatic rings. The Morgan fingerprint density at radius 2 is 0.737 bits per heavy atom. The molecule has 8 amide bonds. The van der Waals surface area contributed by atoms with Crippen molar-refractivity contribution in [3.63, 3.8) is 0 Å². The third-order valence-corrected chi connectivity index (χ3v) is 15.7. The van der Waals surface area contributed by atoms with Gasteiger partial charge in [-0.2, -0.15) is 0 Å². The van der Waals surface area contributed by atoms with Gasteiger partial charge in [-0.15, -0.1) is 0 Å². The fourth-order valence-electron chi connectivity index (χ4n) is 10.2. The lowest BCUT2D eigenvalue weighted by Gasteiger charge is -2.42. The first-order chi connectivity index (χ1) is 45.4. The maximum Gasteiger partial charge on any atom is 0.222 e. The van der Waals surface area contributed by atoms with Crippen LogP contribution in [0.5, 0.6) is 0 Å². The van der Waals surface area contributed by atoms with E-state index in [1.54, 1.807) is 0 Å². The van der Waals surface area contributed by atoms with Crippen LogP contribution in [-0.4, -0.2) is 256 Å². The predicted molar refractivity (Wildman–Crippen MR) is 346 cm³/mol. The van der Waals surface area contributed by atoms with E-state index in [9.17, 15) is 73.8 Å². The third-order valence-electron chi connectivity index (χ3n) is 15.7. The van der Waals surface area contributed by atoms with Crippen molar-refractivity contribution in [2.75, 3.05) is 105 Å². The number of ether oxygens (including phenoxy) is 7. The highest BCUT2D eigenvalue weighted by atomic mass is 16.7. The van der Waals surface area contributed by atoms with Crippen molar-refractivity contribution in [1.29, 1.82) is 0 Å². The van der Waals surface area contributed by atoms with Crippen molar-refractivity contribution in [2.24, 2.45) is 11.1 Å². The minimum absolute atomic E-state index is 0.00886. The average Bonchev–Trinajstić information content (AvgIpc) is 0.825. The number of nitrogens with two attached hydrogens (primary N) is 1. The number of nitrogens with one attached hydrogen (secondary N) is 8. The highest BCUT2D eigenvalue weighted by molar-refractivity contribution is 5.83. The fourth-order valence-corrected chi connectivity index (χ4v) is 10.2. The molecule has 0 aromatic heterocycles. The zero-order valence-corrected chi connectivity index (χ0v) is 56.9. The number of carbonyl (C=O) groups excluding carboxylic acids is 9. The Labute approximate surface area is 559 Å². The molecule has 0 bridgehead atoms. The van der Waals surface area contributed by atoms with Crippen LogP contribution in [0.4, 0.5) is 0 Å². The molecule has 0 aromatic carbocycles. The van der Waals surface area contributed by atoms with Gasteiger partial charge in [0.15, 0.2) is 12.6 Å². The van der Waals surface area contributed by atoms with Crippen LogP contribution in [-0.2, 0) is 76.3 Å². The lowest BCUT2D eigenvalue weighted by molar-refractivity contribution is -0.270. The quantitative estimate of drug-likeness (QED) is 0.0310. The largest absolute Gasteiger partial charge is 0.394 e. The summed E-state index contributed by atoms with van der Waals surface area (Å²) in [5, 5.41) is 82.5. The van der Waals surface area contributed by atoms with Crippen LogP contribution in [0.2, 0.25) is 0 Å². The average molecular weight is 1360 g/mol. The first-order valence-corrected chi connectivity index (χ1v) is 34.0. The SMILES string of the molecule is CC(=O)NC1C(O)[C@H](O)C(CO)O[C@H]1OCCCCC(=O)NCCCNC(=O)CCOCC(COCCC(=O)NCCCN)(COCCC(=O)NCCCNC(=O)CCCCO[C@@H]1OC(CO)[C@@H](O)C(O)C1NC(C)=O)NC(=O)CCCCCCCCCCC(=O)C(C)(C)C. The molecule has 10 atom stereocenters. The predicted octanol–water partition coefficient (Wildman–Crippen LogP) is -1.45. The number of ketones is 1. The van der Waals surface area contributed by atoms with Crippen LogP contribution in [0.25, 0.3) is 0 Å². The van der Waals surface area contributed by atoms with E-state index in [2.05, 4.69) is 42.5 Å². The molecular weight excluding hydrogens is 1250 g/mol. The number of unbranched alkanes of at least 4 members (excludes halogenated alkanes) is 9. The van der Waals surface area contributed by atoms with Crippen LogP contribution in [0, 0.1) is 5.41 Å². The number of Topliss-reactive ketones (excluding diaryl/α,β-unsaturated/α-hetero) is 1. The molecule has 95 heavy (non-hydrogen) atoms. The first-order valence-electron chi connectivity index (χ1n) is 34.0. The van der Waals surface area contributed by atoms with Gasteiger partial charge >= 0.3 is 0 Å². The van der Waals surface area contributed by atoms with Crippen molar-refractivity contribution >= 4 is 53.0 Å². The van der Waals surface area contributed by atoms with E-state index in [-0.39, 0.29) is 164 Å². The zero-order valence-electron chi connectivity index (χ0n) is 56.9. The van der Waals surface area contributed by atoms with Gasteiger partial charge in [0.1, 0.15) is 60.0 Å². The van der Waals surface area contributed by atoms with Crippen molar-refractivity contribution in [3.05, 3.63) is 0 Å². The summed E-state index contributed by atoms with van der Waals surface area (Å²) in [5.41, 5.74) is 3.93. The number of aliphatic hydroxyl groups excluding tert-OH is 6. The molecule has 0 radical (unpaired) electrons. The van der Waals surface area contributed by atoms with Crippen LogP contribution >= 0.6 is 0 Å². The first kappa shape index (κ1) is 86.0. The standard InChI is InChI=1S/C64H117N9O22/c1-44(76)71-55-59(87)57(85)46(39-74)94-61(55)92-34-16-14-22-49(79)67-30-19-32-69-52(82)26-37-90-42-64(41-89-36-25-51(81)66-29-18-28-65,73-54(84)24-13-11-9-7-6-8-10-12-21-48(78)63(3,4)5)43-91-38-27-53(83)70-33-20-31-68-50(80)23-15-17-35-93-62-56(72-45(2)77)60(88)58(86)47(40-75)95-62/h46-47,55-62,74-75,85-88H,6-43,65H2,1-5H3,(H,66,81)(H,67,79)(H,68,80)(H,69,82)(H,70,83)(H,71,76)(H,72,77)(H,73,84)/t46?,47?,55?,56?,57-,58-,59?,60?,61-,62-,64?/m1/s1. The normalized spacial score (nSPS) is 21.8. The number of hydrogen-bond donors (Lipinski definition) is 15. The van der Waals surface area contributed by atoms with E-state index < -0.39 is 91.9 Å². The van der Waals surface area contributed by atoms with Gasteiger partial charge < -0.3 is 112 Å². The number of amides is 8. The number of rotatable bonds is 54. The molecule has 550 valence electrons. The molecule has 16 N–H and O–H groups in total. The molecule has 2 fully saturated rings. The lowest BCUT2D eigenvalue weighted by atomic mass is 9.88. The maximum atomic E-state index is 13.8. The number of hydrogen-bond acceptors (Lipinski definition) is 23. The highest BCUT2D eigenvalue weighted by Crippen LogP contribution is 2.25. The molecule has 6 unspecified atom stereocenters. The molecular formula is C64H117N9O22. The second-order valence-corrected chi connectivity index (χ2v) is 25.4. The Bertz CT molecular complexity index is 2120. The zero-order chi connectivity index (χ0) is 70.4. The van der Waals surface area contributed by atoms with Gasteiger partial charge in [0.25, 0.3) is 0 Å². The molecule has 2 aliphatic heterocycles. The van der Waals surface area contributed by atoms with Crippen LogP contribution in [0.1, 0.15) is 176 Å². The van der Waals surface area contributed by atoms with Crippen LogP contribution < -0.4 is 48.3 Å². The molecule has 31 heteroatoms. The summed E-state index contributed by atoms with van der Waals surface area (Å²) in [6.45, 7) is 8.61. The van der Waals surface area contributed by atoms with E-state index in [4.69, 9.17) is 38.9 Å². The molecule has 2 rings (SSSR count). The number of carbonyl (C=O) groups is 9. The van der Waals surface area contributed by atoms with Gasteiger partial charge in [-0.05, 0) is 64.3 Å². The van der Waals surface area contributed by atoms with Crippen molar-refractivity contribution < 1.29 is 107 Å². The molecule has 0 spiro atoms. The number of aliphatic hydroxyl groups is 6. The van der Waals surface area contributed by atoms with Crippen molar-refractivity contribution in [3.8, 4) is 0 Å². The highest BCUT2D eigenvalue weighted by Gasteiger charge is 2.47. The van der Waals surface area contributed by atoms with E-state index in [1.807, 2.05) is 20.8 Å². The molecule has 2 saturated heterocycles. The van der Waals surface area contributed by atoms with Crippen LogP contribution in [0.3, 0.4) is 0 Å². The van der Waals surface area contributed by atoms with Crippen molar-refractivity contribution in [1.82, 2.24) is 42.5 Å². The molecule has 0 aliphatic carbocycles. The minimum Gasteiger partial charge on any atom is -0.394 e. The van der Waals surface area contributed by atoms with Crippen molar-refractivity contribution in [2.45, 2.75) is 243 Å². The van der Waals surface area contributed by atoms with E-state index >= 15 is 0 Å². The van der Waals surface area contributed by atoms with Gasteiger partial charge in [0.2, 0.25) is 47.3 Å². The summed E-state index contributed by atoms with van der Waals surface area (Å²) < 4.78 is 40.7. The third kappa shape index (κ3) is 38.6. The Hall–Kier alpha value is -5.13. The van der Waals surface area contributed by atoms with Gasteiger partial charge in [-0.1, -0.05) is 59.3 Å². The van der Waals surface area contributed by atoms with Gasteiger partial charge in [0.05, 0.1) is 52.9 Å². The Morgan fingerprint density at radius 1 is 0.411 bits per heavy atom. The van der Waals surface area contributed by atoms with E-state index in [0.717, 1.165) is 44.9 Å². The maximum absolute atomic E-state index is 13.8. The fraction of sp³-hybridized carbons (Fsp3) is 0.859. The van der Waals surface area contributed by atoms with Gasteiger partial charge in [0, 0.05) is 110 Å². The summed E-state index contributed by atoms with van der Waals surface area (Å²) >= 11 is 0. The monoisotopic (exact) mass is 1360 g/mol. The topological polar surface area (TPSA) is 462 Å². The van der Waals surface area contributed by atoms with E-state index in [1.165, 1.54) is 13.8 Å².